The van der Waals surface area contributed by atoms with Crippen molar-refractivity contribution in [2.24, 2.45) is 0 Å². The summed E-state index contributed by atoms with van der Waals surface area (Å²) in [7, 11) is 0. The second kappa shape index (κ2) is 4.91. The highest BCUT2D eigenvalue weighted by atomic mass is 35.5. The molecule has 0 saturated heterocycles. The lowest BCUT2D eigenvalue weighted by molar-refractivity contribution is -0.252. The van der Waals surface area contributed by atoms with Crippen LogP contribution in [0.25, 0.3) is 0 Å². The van der Waals surface area contributed by atoms with Gasteiger partial charge in [0.15, 0.2) is 0 Å². The van der Waals surface area contributed by atoms with Gasteiger partial charge in [-0.05, 0) is 18.1 Å². The molecule has 2 nitrogen and oxygen atoms in total. The lowest BCUT2D eigenvalue weighted by Gasteiger charge is -2.30. The summed E-state index contributed by atoms with van der Waals surface area (Å²) in [5.74, 6) is 0.387. The number of esters is 1. The maximum absolute atomic E-state index is 13.1. The number of carbonyl (C=O) groups excluding carboxylic acids is 1. The molecule has 1 rings (SSSR count). The average molecular weight is 277 g/mol. The zero-order valence-corrected chi connectivity index (χ0v) is 9.97. The highest BCUT2D eigenvalue weighted by molar-refractivity contribution is 6.30. The van der Waals surface area contributed by atoms with Gasteiger partial charge in [0.25, 0.3) is 5.60 Å². The minimum atomic E-state index is -4.93. The first-order chi connectivity index (χ1) is 8.23. The Labute approximate surface area is 107 Å². The molecule has 1 atom stereocenters. The fourth-order valence-corrected chi connectivity index (χ4v) is 1.50. The molecule has 6 heteroatoms. The summed E-state index contributed by atoms with van der Waals surface area (Å²) in [6.45, 7) is 0.855. The molecule has 0 aliphatic rings. The number of terminal acetylenes is 1. The first kappa shape index (κ1) is 14.4. The van der Waals surface area contributed by atoms with Crippen LogP contribution in [0.4, 0.5) is 13.2 Å². The molecule has 0 spiro atoms. The Morgan fingerprint density at radius 1 is 1.33 bits per heavy atom. The van der Waals surface area contributed by atoms with Gasteiger partial charge in [-0.3, -0.25) is 4.79 Å². The minimum absolute atomic E-state index is 0.245. The Hall–Kier alpha value is -1.67. The number of rotatable bonds is 2. The average Bonchev–Trinajstić information content (AvgIpc) is 2.25. The van der Waals surface area contributed by atoms with Crippen LogP contribution in [0.3, 0.4) is 0 Å². The third-order valence-electron chi connectivity index (χ3n) is 2.15. The van der Waals surface area contributed by atoms with E-state index in [1.165, 1.54) is 18.1 Å². The molecule has 0 aromatic heterocycles. The number of carbonyl (C=O) groups is 1. The van der Waals surface area contributed by atoms with Crippen LogP contribution < -0.4 is 0 Å². The lowest BCUT2D eigenvalue weighted by atomic mass is 9.93. The van der Waals surface area contributed by atoms with Crippen LogP contribution in [0.2, 0.25) is 5.02 Å². The fourth-order valence-electron chi connectivity index (χ4n) is 1.38. The van der Waals surface area contributed by atoms with Crippen molar-refractivity contribution in [2.45, 2.75) is 18.7 Å². The van der Waals surface area contributed by atoms with Gasteiger partial charge < -0.3 is 4.74 Å². The smallest absolute Gasteiger partial charge is 0.432 e. The quantitative estimate of drug-likeness (QED) is 0.612. The van der Waals surface area contributed by atoms with Crippen LogP contribution in [-0.2, 0) is 15.1 Å². The van der Waals surface area contributed by atoms with Crippen molar-refractivity contribution in [3.05, 3.63) is 34.9 Å². The Morgan fingerprint density at radius 2 is 1.83 bits per heavy atom. The molecule has 0 unspecified atom stereocenters. The van der Waals surface area contributed by atoms with Gasteiger partial charge in [0.05, 0.1) is 0 Å². The second-order valence-electron chi connectivity index (χ2n) is 3.42. The standard InChI is InChI=1S/C12H8ClF3O2/c1-3-11(12(14,15)16,18-8(2)17)9-4-6-10(13)7-5-9/h1,4-7H,2H3/t11-/m1/s1. The summed E-state index contributed by atoms with van der Waals surface area (Å²) in [5.41, 5.74) is -3.47. The SMILES string of the molecule is C#C[C@@](OC(C)=O)(c1ccc(Cl)cc1)C(F)(F)F. The van der Waals surface area contributed by atoms with Gasteiger partial charge in [-0.25, -0.2) is 0 Å². The van der Waals surface area contributed by atoms with Crippen molar-refractivity contribution in [1.29, 1.82) is 0 Å². The van der Waals surface area contributed by atoms with E-state index in [1.54, 1.807) is 0 Å². The summed E-state index contributed by atoms with van der Waals surface area (Å²) < 4.78 is 43.5. The zero-order chi connectivity index (χ0) is 14.0. The van der Waals surface area contributed by atoms with Crippen LogP contribution in [0.15, 0.2) is 24.3 Å². The van der Waals surface area contributed by atoms with Gasteiger partial charge in [-0.2, -0.15) is 13.2 Å². The monoisotopic (exact) mass is 276 g/mol. The number of alkyl halides is 3. The van der Waals surface area contributed by atoms with Crippen molar-refractivity contribution >= 4 is 17.6 Å². The van der Waals surface area contributed by atoms with E-state index in [1.807, 2.05) is 0 Å². The largest absolute Gasteiger partial charge is 0.445 e. The Bertz CT molecular complexity index is 488. The number of hydrogen-bond acceptors (Lipinski definition) is 2. The van der Waals surface area contributed by atoms with E-state index in [-0.39, 0.29) is 10.6 Å². The third-order valence-corrected chi connectivity index (χ3v) is 2.40. The van der Waals surface area contributed by atoms with Crippen LogP contribution in [0.1, 0.15) is 12.5 Å². The maximum Gasteiger partial charge on any atom is 0.445 e. The van der Waals surface area contributed by atoms with E-state index in [0.29, 0.717) is 0 Å². The molecule has 18 heavy (non-hydrogen) atoms. The van der Waals surface area contributed by atoms with Gasteiger partial charge in [0.1, 0.15) is 0 Å². The summed E-state index contributed by atoms with van der Waals surface area (Å²) in [6, 6.07) is 4.60. The lowest BCUT2D eigenvalue weighted by Crippen LogP contribution is -2.44. The van der Waals surface area contributed by atoms with Crippen molar-refractivity contribution in [1.82, 2.24) is 0 Å². The summed E-state index contributed by atoms with van der Waals surface area (Å²) in [4.78, 5) is 10.9. The molecule has 0 fully saturated rings. The Kier molecular flexibility index (Phi) is 3.92. The molecule has 0 aliphatic heterocycles. The molecule has 0 saturated carbocycles. The van der Waals surface area contributed by atoms with E-state index < -0.39 is 17.7 Å². The summed E-state index contributed by atoms with van der Waals surface area (Å²) in [5, 5.41) is 0.245. The van der Waals surface area contributed by atoms with Gasteiger partial charge in [0.2, 0.25) is 0 Å². The molecule has 0 N–H and O–H groups in total. The second-order valence-corrected chi connectivity index (χ2v) is 3.86. The number of halogens is 4. The van der Waals surface area contributed by atoms with E-state index in [9.17, 15) is 18.0 Å². The third kappa shape index (κ3) is 2.59. The van der Waals surface area contributed by atoms with Crippen LogP contribution in [0.5, 0.6) is 0 Å². The van der Waals surface area contributed by atoms with E-state index in [4.69, 9.17) is 18.0 Å². The minimum Gasteiger partial charge on any atom is -0.432 e. The van der Waals surface area contributed by atoms with Crippen molar-refractivity contribution in [2.75, 3.05) is 0 Å². The molecule has 0 aliphatic carbocycles. The molecule has 0 radical (unpaired) electrons. The van der Waals surface area contributed by atoms with Crippen LogP contribution >= 0.6 is 11.6 Å². The Morgan fingerprint density at radius 3 is 2.17 bits per heavy atom. The maximum atomic E-state index is 13.1. The first-order valence-electron chi connectivity index (χ1n) is 4.73. The van der Waals surface area contributed by atoms with Crippen molar-refractivity contribution in [3.63, 3.8) is 0 Å². The summed E-state index contributed by atoms with van der Waals surface area (Å²) >= 11 is 5.58. The van der Waals surface area contributed by atoms with Crippen LogP contribution in [-0.4, -0.2) is 12.1 Å². The normalized spacial score (nSPS) is 14.4. The van der Waals surface area contributed by atoms with Crippen molar-refractivity contribution in [3.8, 4) is 12.3 Å². The van der Waals surface area contributed by atoms with Crippen LogP contribution in [0, 0.1) is 12.3 Å². The molecular weight excluding hydrogens is 269 g/mol. The predicted octanol–water partition coefficient (Wildman–Crippen LogP) is 3.29. The van der Waals surface area contributed by atoms with Crippen molar-refractivity contribution < 1.29 is 22.7 Å². The zero-order valence-electron chi connectivity index (χ0n) is 9.22. The number of hydrogen-bond donors (Lipinski definition) is 0. The van der Waals surface area contributed by atoms with Gasteiger partial charge in [-0.1, -0.05) is 23.7 Å². The molecule has 0 bridgehead atoms. The summed E-state index contributed by atoms with van der Waals surface area (Å²) in [6.07, 6.45) is 0.00275. The van der Waals surface area contributed by atoms with Gasteiger partial charge in [-0.15, -0.1) is 6.42 Å². The van der Waals surface area contributed by atoms with Gasteiger partial charge in [0, 0.05) is 17.5 Å². The molecule has 1 aromatic rings. The topological polar surface area (TPSA) is 26.3 Å². The predicted molar refractivity (Wildman–Crippen MR) is 59.8 cm³/mol. The van der Waals surface area contributed by atoms with E-state index in [2.05, 4.69) is 4.74 Å². The first-order valence-corrected chi connectivity index (χ1v) is 5.11. The van der Waals surface area contributed by atoms with E-state index >= 15 is 0 Å². The highest BCUT2D eigenvalue weighted by Crippen LogP contribution is 2.42. The number of benzene rings is 1. The van der Waals surface area contributed by atoms with E-state index in [0.717, 1.165) is 19.1 Å². The Balaban J connectivity index is 3.41. The van der Waals surface area contributed by atoms with Gasteiger partial charge >= 0.3 is 12.1 Å². The molecule has 0 amide bonds. The number of ether oxygens (including phenoxy) is 1. The molecule has 0 heterocycles. The highest BCUT2D eigenvalue weighted by Gasteiger charge is 2.58. The fraction of sp³-hybridized carbons (Fsp3) is 0.250. The molecular formula is C12H8ClF3O2. The molecule has 96 valence electrons. The molecule has 1 aromatic carbocycles.